The minimum absolute atomic E-state index is 0.0613. The van der Waals surface area contributed by atoms with E-state index in [4.69, 9.17) is 21.1 Å². The molecule has 0 bridgehead atoms. The normalized spacial score (nSPS) is 20.6. The highest BCUT2D eigenvalue weighted by Crippen LogP contribution is 2.37. The molecule has 1 saturated heterocycles. The SMILES string of the molecule is CC(c1cnc(OCC(C)(F)F)c(Cl)c1)N1CC2C(C(=O)Oc3ccccc3)=NC=CC2C1=O. The van der Waals surface area contributed by atoms with Gasteiger partial charge < -0.3 is 14.4 Å². The first-order valence-corrected chi connectivity index (χ1v) is 11.0. The predicted octanol–water partition coefficient (Wildman–Crippen LogP) is 4.48. The molecule has 0 aliphatic carbocycles. The van der Waals surface area contributed by atoms with Gasteiger partial charge in [-0.1, -0.05) is 35.9 Å². The third-order valence-corrected chi connectivity index (χ3v) is 5.93. The van der Waals surface area contributed by atoms with Crippen molar-refractivity contribution in [1.29, 1.82) is 0 Å². The molecule has 1 aromatic carbocycles. The van der Waals surface area contributed by atoms with Gasteiger partial charge in [-0.25, -0.2) is 18.6 Å². The summed E-state index contributed by atoms with van der Waals surface area (Å²) in [4.78, 5) is 35.8. The van der Waals surface area contributed by atoms with Crippen molar-refractivity contribution in [2.45, 2.75) is 25.8 Å². The van der Waals surface area contributed by atoms with Crippen LogP contribution < -0.4 is 9.47 Å². The number of fused-ring (bicyclic) bond motifs is 1. The van der Waals surface area contributed by atoms with Gasteiger partial charge in [-0.15, -0.1) is 0 Å². The van der Waals surface area contributed by atoms with Crippen LogP contribution in [0.15, 0.2) is 59.9 Å². The van der Waals surface area contributed by atoms with Crippen molar-refractivity contribution in [3.05, 3.63) is 65.5 Å². The number of rotatable bonds is 7. The number of likely N-dealkylation sites (tertiary alicyclic amines) is 1. The van der Waals surface area contributed by atoms with E-state index in [1.54, 1.807) is 42.2 Å². The summed E-state index contributed by atoms with van der Waals surface area (Å²) in [5.74, 6) is -4.53. The second kappa shape index (κ2) is 9.50. The molecule has 3 atom stereocenters. The van der Waals surface area contributed by atoms with E-state index in [9.17, 15) is 18.4 Å². The number of benzene rings is 1. The number of pyridine rings is 1. The maximum Gasteiger partial charge on any atom is 0.358 e. The first-order valence-electron chi connectivity index (χ1n) is 10.6. The van der Waals surface area contributed by atoms with Crippen LogP contribution in [0, 0.1) is 11.8 Å². The fraction of sp³-hybridized carbons (Fsp3) is 0.333. The summed E-state index contributed by atoms with van der Waals surface area (Å²) in [6.45, 7) is 1.93. The van der Waals surface area contributed by atoms with Crippen LogP contribution in [0.5, 0.6) is 11.6 Å². The smallest absolute Gasteiger partial charge is 0.358 e. The van der Waals surface area contributed by atoms with Crippen molar-refractivity contribution in [2.75, 3.05) is 13.2 Å². The van der Waals surface area contributed by atoms with E-state index < -0.39 is 36.4 Å². The largest absolute Gasteiger partial charge is 0.470 e. The number of nitrogens with zero attached hydrogens (tertiary/aromatic N) is 3. The first-order chi connectivity index (χ1) is 16.1. The summed E-state index contributed by atoms with van der Waals surface area (Å²) >= 11 is 6.18. The number of para-hydroxylation sites is 1. The Bertz CT molecular complexity index is 1150. The lowest BCUT2D eigenvalue weighted by Gasteiger charge is -2.25. The Balaban J connectivity index is 1.48. The van der Waals surface area contributed by atoms with Crippen molar-refractivity contribution >= 4 is 29.2 Å². The van der Waals surface area contributed by atoms with Gasteiger partial charge in [0, 0.05) is 31.8 Å². The van der Waals surface area contributed by atoms with Crippen molar-refractivity contribution in [3.63, 3.8) is 0 Å². The summed E-state index contributed by atoms with van der Waals surface area (Å²) in [7, 11) is 0. The molecule has 2 aliphatic rings. The number of hydrogen-bond acceptors (Lipinski definition) is 6. The fourth-order valence-corrected chi connectivity index (χ4v) is 4.14. The molecule has 7 nitrogen and oxygen atoms in total. The number of carbonyl (C=O) groups is 2. The second-order valence-corrected chi connectivity index (χ2v) is 8.68. The van der Waals surface area contributed by atoms with Crippen LogP contribution in [0.1, 0.15) is 25.5 Å². The Hall–Kier alpha value is -3.33. The summed E-state index contributed by atoms with van der Waals surface area (Å²) < 4.78 is 36.5. The number of aromatic nitrogens is 1. The zero-order valence-corrected chi connectivity index (χ0v) is 19.2. The van der Waals surface area contributed by atoms with Crippen LogP contribution >= 0.6 is 11.6 Å². The molecule has 0 spiro atoms. The van der Waals surface area contributed by atoms with E-state index >= 15 is 0 Å². The van der Waals surface area contributed by atoms with Gasteiger partial charge in [0.25, 0.3) is 5.92 Å². The minimum Gasteiger partial charge on any atom is -0.470 e. The summed E-state index contributed by atoms with van der Waals surface area (Å²) in [6.07, 6.45) is 4.55. The highest BCUT2D eigenvalue weighted by molar-refractivity contribution is 6.39. The van der Waals surface area contributed by atoms with Crippen molar-refractivity contribution in [2.24, 2.45) is 16.8 Å². The number of aliphatic imine (C=N–C) groups is 1. The van der Waals surface area contributed by atoms with Crippen LogP contribution in [0.2, 0.25) is 5.02 Å². The van der Waals surface area contributed by atoms with Crippen molar-refractivity contribution < 1.29 is 27.8 Å². The lowest BCUT2D eigenvalue weighted by atomic mass is 9.89. The van der Waals surface area contributed by atoms with Crippen LogP contribution in [-0.2, 0) is 9.59 Å². The summed E-state index contributed by atoms with van der Waals surface area (Å²) in [5.41, 5.74) is 0.779. The molecule has 0 N–H and O–H groups in total. The molecule has 2 aliphatic heterocycles. The topological polar surface area (TPSA) is 81.1 Å². The summed E-state index contributed by atoms with van der Waals surface area (Å²) in [5, 5.41) is 0.0613. The van der Waals surface area contributed by atoms with Gasteiger partial charge in [-0.3, -0.25) is 9.79 Å². The second-order valence-electron chi connectivity index (χ2n) is 8.27. The Morgan fingerprint density at radius 3 is 2.74 bits per heavy atom. The molecule has 34 heavy (non-hydrogen) atoms. The van der Waals surface area contributed by atoms with Gasteiger partial charge >= 0.3 is 5.97 Å². The average molecular weight is 490 g/mol. The van der Waals surface area contributed by atoms with Gasteiger partial charge in [0.2, 0.25) is 11.8 Å². The van der Waals surface area contributed by atoms with Crippen molar-refractivity contribution in [3.8, 4) is 11.6 Å². The lowest BCUT2D eigenvalue weighted by molar-refractivity contribution is -0.131. The molecule has 4 rings (SSSR count). The number of alkyl halides is 2. The first kappa shape index (κ1) is 23.8. The number of ether oxygens (including phenoxy) is 2. The van der Waals surface area contributed by atoms with Crippen LogP contribution in [0.25, 0.3) is 0 Å². The molecule has 1 fully saturated rings. The van der Waals surface area contributed by atoms with Gasteiger partial charge in [-0.05, 0) is 30.7 Å². The van der Waals surface area contributed by atoms with Crippen molar-refractivity contribution in [1.82, 2.24) is 9.88 Å². The molecule has 3 heterocycles. The third-order valence-electron chi connectivity index (χ3n) is 5.66. The molecule has 178 valence electrons. The van der Waals surface area contributed by atoms with E-state index in [2.05, 4.69) is 9.98 Å². The molecular formula is C24H22ClF2N3O4. The maximum atomic E-state index is 13.2. The summed E-state index contributed by atoms with van der Waals surface area (Å²) in [6, 6.07) is 9.72. The average Bonchev–Trinajstić information content (AvgIpc) is 3.14. The molecule has 2 aromatic rings. The van der Waals surface area contributed by atoms with Gasteiger partial charge in [0.15, 0.2) is 6.61 Å². The van der Waals surface area contributed by atoms with E-state index in [1.807, 2.05) is 6.07 Å². The lowest BCUT2D eigenvalue weighted by Crippen LogP contribution is -2.34. The van der Waals surface area contributed by atoms with E-state index in [0.717, 1.165) is 6.92 Å². The predicted molar refractivity (Wildman–Crippen MR) is 121 cm³/mol. The Labute approximate surface area is 200 Å². The molecular weight excluding hydrogens is 468 g/mol. The molecule has 3 unspecified atom stereocenters. The zero-order valence-electron chi connectivity index (χ0n) is 18.5. The highest BCUT2D eigenvalue weighted by Gasteiger charge is 2.46. The molecule has 0 radical (unpaired) electrons. The number of hydrogen-bond donors (Lipinski definition) is 0. The van der Waals surface area contributed by atoms with Gasteiger partial charge in [0.05, 0.1) is 12.0 Å². The standard InChI is InChI=1S/C24H22ClF2N3O4/c1-14(15-10-19(25)21(29-11-15)33-13-24(2,26)27)30-12-18-17(22(30)31)8-9-28-20(18)23(32)34-16-6-4-3-5-7-16/h3-11,14,17-18H,12-13H2,1-2H3. The van der Waals surface area contributed by atoms with E-state index in [-0.39, 0.29) is 29.1 Å². The van der Waals surface area contributed by atoms with Crippen LogP contribution in [-0.4, -0.2) is 46.5 Å². The minimum atomic E-state index is -3.02. The van der Waals surface area contributed by atoms with E-state index in [1.165, 1.54) is 18.5 Å². The maximum absolute atomic E-state index is 13.2. The Kier molecular flexibility index (Phi) is 6.65. The van der Waals surface area contributed by atoms with Gasteiger partial charge in [-0.2, -0.15) is 0 Å². The van der Waals surface area contributed by atoms with Crippen LogP contribution in [0.3, 0.4) is 0 Å². The molecule has 1 amide bonds. The number of amides is 1. The molecule has 10 heteroatoms. The van der Waals surface area contributed by atoms with Crippen LogP contribution in [0.4, 0.5) is 8.78 Å². The Morgan fingerprint density at radius 1 is 1.32 bits per heavy atom. The third kappa shape index (κ3) is 5.09. The number of esters is 1. The van der Waals surface area contributed by atoms with Gasteiger partial charge in [0.1, 0.15) is 16.5 Å². The molecule has 0 saturated carbocycles. The number of carbonyl (C=O) groups excluding carboxylic acids is 2. The Morgan fingerprint density at radius 2 is 2.06 bits per heavy atom. The van der Waals surface area contributed by atoms with E-state index in [0.29, 0.717) is 11.3 Å². The molecule has 1 aromatic heterocycles. The zero-order chi connectivity index (χ0) is 24.5. The quantitative estimate of drug-likeness (QED) is 0.423. The fourth-order valence-electron chi connectivity index (χ4n) is 3.91. The number of halogens is 3. The highest BCUT2D eigenvalue weighted by atomic mass is 35.5. The monoisotopic (exact) mass is 489 g/mol.